The number of methoxy groups -OCH3 is 1. The maximum atomic E-state index is 13.2. The van der Waals surface area contributed by atoms with Crippen molar-refractivity contribution in [2.75, 3.05) is 26.8 Å². The highest BCUT2D eigenvalue weighted by atomic mass is 35.5. The molecule has 154 valence electrons. The molecule has 0 aliphatic carbocycles. The van der Waals surface area contributed by atoms with Crippen LogP contribution >= 0.6 is 22.9 Å². The van der Waals surface area contributed by atoms with E-state index < -0.39 is 0 Å². The number of hydrogen-bond donors (Lipinski definition) is 0. The van der Waals surface area contributed by atoms with Crippen LogP contribution < -0.4 is 0 Å². The number of nitrogens with zero attached hydrogens (tertiary/aromatic N) is 3. The lowest BCUT2D eigenvalue weighted by molar-refractivity contribution is -0.141. The number of hydrogen-bond acceptors (Lipinski definition) is 5. The number of halogens is 1. The average Bonchev–Trinajstić information content (AvgIpc) is 3.40. The van der Waals surface area contributed by atoms with E-state index in [9.17, 15) is 9.59 Å². The summed E-state index contributed by atoms with van der Waals surface area (Å²) in [5.74, 6) is -0.328. The van der Waals surface area contributed by atoms with E-state index in [4.69, 9.17) is 16.3 Å². The molecular formula is C21H24ClN3O3S. The standard InChI is InChI=1S/C21H24ClN3O3S/c1-3-20(26)24(10-11-28-2)14-21(27)25-18(15-7-4-5-8-16(15)22)13-17(23-25)19-9-6-12-29-19/h4-9,12,18H,3,10-11,13-14H2,1-2H3/t18-/m1/s1. The average molecular weight is 434 g/mol. The molecule has 1 aliphatic rings. The van der Waals surface area contributed by atoms with Crippen LogP contribution in [0.2, 0.25) is 5.02 Å². The minimum absolute atomic E-state index is 0.0434. The second-order valence-corrected chi connectivity index (χ2v) is 8.02. The summed E-state index contributed by atoms with van der Waals surface area (Å²) in [6.45, 7) is 2.47. The highest BCUT2D eigenvalue weighted by Crippen LogP contribution is 2.37. The molecule has 6 nitrogen and oxygen atoms in total. The highest BCUT2D eigenvalue weighted by molar-refractivity contribution is 7.12. The van der Waals surface area contributed by atoms with Gasteiger partial charge in [0.2, 0.25) is 5.91 Å². The second kappa shape index (κ2) is 10.0. The van der Waals surface area contributed by atoms with E-state index in [1.54, 1.807) is 25.4 Å². The Kier molecular flexibility index (Phi) is 7.41. The Hall–Kier alpha value is -2.22. The van der Waals surface area contributed by atoms with E-state index >= 15 is 0 Å². The Balaban J connectivity index is 1.87. The molecule has 8 heteroatoms. The first-order valence-electron chi connectivity index (χ1n) is 9.49. The van der Waals surface area contributed by atoms with Crippen LogP contribution in [0.1, 0.15) is 36.2 Å². The molecule has 0 saturated heterocycles. The summed E-state index contributed by atoms with van der Waals surface area (Å²) in [4.78, 5) is 28.0. The van der Waals surface area contributed by atoms with Crippen molar-refractivity contribution < 1.29 is 14.3 Å². The zero-order valence-corrected chi connectivity index (χ0v) is 18.1. The summed E-state index contributed by atoms with van der Waals surface area (Å²) >= 11 is 8.01. The lowest BCUT2D eigenvalue weighted by Crippen LogP contribution is -2.42. The number of carbonyl (C=O) groups excluding carboxylic acids is 2. The maximum absolute atomic E-state index is 13.2. The minimum atomic E-state index is -0.297. The van der Waals surface area contributed by atoms with Crippen molar-refractivity contribution in [1.29, 1.82) is 0 Å². The number of amides is 2. The monoisotopic (exact) mass is 433 g/mol. The van der Waals surface area contributed by atoms with Crippen molar-refractivity contribution in [1.82, 2.24) is 9.91 Å². The Morgan fingerprint density at radius 1 is 1.31 bits per heavy atom. The van der Waals surface area contributed by atoms with Gasteiger partial charge in [-0.25, -0.2) is 5.01 Å². The number of benzene rings is 1. The van der Waals surface area contributed by atoms with E-state index in [1.807, 2.05) is 41.8 Å². The molecule has 1 atom stereocenters. The molecule has 1 aromatic carbocycles. The number of ether oxygens (including phenoxy) is 1. The SMILES string of the molecule is CCC(=O)N(CCOC)CC(=O)N1N=C(c2cccs2)C[C@@H]1c1ccccc1Cl. The third-order valence-corrected chi connectivity index (χ3v) is 6.05. The van der Waals surface area contributed by atoms with Gasteiger partial charge in [0.15, 0.2) is 0 Å². The third kappa shape index (κ3) is 5.04. The first-order valence-corrected chi connectivity index (χ1v) is 10.8. The van der Waals surface area contributed by atoms with Crippen molar-refractivity contribution in [2.24, 2.45) is 5.10 Å². The Bertz CT molecular complexity index is 885. The van der Waals surface area contributed by atoms with E-state index in [-0.39, 0.29) is 24.4 Å². The van der Waals surface area contributed by atoms with Crippen LogP contribution in [-0.4, -0.2) is 54.2 Å². The molecule has 0 radical (unpaired) electrons. The number of thiophene rings is 1. The predicted octanol–water partition coefficient (Wildman–Crippen LogP) is 3.96. The smallest absolute Gasteiger partial charge is 0.262 e. The van der Waals surface area contributed by atoms with Crippen molar-refractivity contribution in [2.45, 2.75) is 25.8 Å². The van der Waals surface area contributed by atoms with Gasteiger partial charge in [-0.3, -0.25) is 9.59 Å². The molecule has 1 aromatic heterocycles. The van der Waals surface area contributed by atoms with Gasteiger partial charge in [0.1, 0.15) is 6.54 Å². The van der Waals surface area contributed by atoms with E-state index in [0.29, 0.717) is 31.0 Å². The quantitative estimate of drug-likeness (QED) is 0.632. The zero-order chi connectivity index (χ0) is 20.8. The van der Waals surface area contributed by atoms with Gasteiger partial charge in [0.25, 0.3) is 5.91 Å². The molecule has 2 heterocycles. The Morgan fingerprint density at radius 2 is 2.10 bits per heavy atom. The molecule has 1 aliphatic heterocycles. The third-order valence-electron chi connectivity index (χ3n) is 4.78. The van der Waals surface area contributed by atoms with Crippen molar-refractivity contribution in [3.8, 4) is 0 Å². The van der Waals surface area contributed by atoms with Crippen LogP contribution in [0.5, 0.6) is 0 Å². The van der Waals surface area contributed by atoms with Gasteiger partial charge < -0.3 is 9.64 Å². The number of hydrazone groups is 1. The Morgan fingerprint density at radius 3 is 2.76 bits per heavy atom. The topological polar surface area (TPSA) is 62.2 Å². The van der Waals surface area contributed by atoms with E-state index in [0.717, 1.165) is 16.2 Å². The van der Waals surface area contributed by atoms with Gasteiger partial charge in [-0.15, -0.1) is 11.3 Å². The van der Waals surface area contributed by atoms with Gasteiger partial charge in [0.05, 0.1) is 23.2 Å². The van der Waals surface area contributed by atoms with Crippen LogP contribution in [0.4, 0.5) is 0 Å². The minimum Gasteiger partial charge on any atom is -0.383 e. The van der Waals surface area contributed by atoms with Gasteiger partial charge in [-0.2, -0.15) is 5.10 Å². The second-order valence-electron chi connectivity index (χ2n) is 6.67. The fourth-order valence-corrected chi connectivity index (χ4v) is 4.25. The molecule has 2 aromatic rings. The summed E-state index contributed by atoms with van der Waals surface area (Å²) in [5, 5.41) is 8.70. The predicted molar refractivity (Wildman–Crippen MR) is 115 cm³/mol. The van der Waals surface area contributed by atoms with Crippen LogP contribution in [0.25, 0.3) is 0 Å². The van der Waals surface area contributed by atoms with Crippen molar-refractivity contribution in [3.63, 3.8) is 0 Å². The summed E-state index contributed by atoms with van der Waals surface area (Å²) in [6.07, 6.45) is 0.907. The normalized spacial score (nSPS) is 16.0. The highest BCUT2D eigenvalue weighted by Gasteiger charge is 2.35. The lowest BCUT2D eigenvalue weighted by Gasteiger charge is -2.27. The zero-order valence-electron chi connectivity index (χ0n) is 16.5. The number of rotatable bonds is 8. The molecule has 0 saturated carbocycles. The van der Waals surface area contributed by atoms with Gasteiger partial charge in [-0.1, -0.05) is 42.8 Å². The van der Waals surface area contributed by atoms with Crippen LogP contribution in [0.15, 0.2) is 46.9 Å². The number of carbonyl (C=O) groups is 2. The first-order chi connectivity index (χ1) is 14.0. The van der Waals surface area contributed by atoms with Gasteiger partial charge in [0, 0.05) is 31.5 Å². The molecule has 3 rings (SSSR count). The van der Waals surface area contributed by atoms with Gasteiger partial charge in [-0.05, 0) is 23.1 Å². The lowest BCUT2D eigenvalue weighted by atomic mass is 10.0. The summed E-state index contributed by atoms with van der Waals surface area (Å²) in [5.41, 5.74) is 1.70. The van der Waals surface area contributed by atoms with E-state index in [1.165, 1.54) is 9.91 Å². The maximum Gasteiger partial charge on any atom is 0.262 e. The van der Waals surface area contributed by atoms with Crippen LogP contribution in [0, 0.1) is 0 Å². The molecule has 0 N–H and O–H groups in total. The fourth-order valence-electron chi connectivity index (χ4n) is 3.27. The summed E-state index contributed by atoms with van der Waals surface area (Å²) in [7, 11) is 1.57. The van der Waals surface area contributed by atoms with Crippen molar-refractivity contribution >= 4 is 40.5 Å². The molecule has 0 fully saturated rings. The molecule has 29 heavy (non-hydrogen) atoms. The Labute approximate surface area is 179 Å². The fraction of sp³-hybridized carbons (Fsp3) is 0.381. The molecule has 2 amide bonds. The molecule has 0 bridgehead atoms. The first kappa shape index (κ1) is 21.5. The van der Waals surface area contributed by atoms with Crippen LogP contribution in [-0.2, 0) is 14.3 Å². The summed E-state index contributed by atoms with van der Waals surface area (Å²) < 4.78 is 5.08. The van der Waals surface area contributed by atoms with Crippen molar-refractivity contribution in [3.05, 3.63) is 57.2 Å². The van der Waals surface area contributed by atoms with E-state index in [2.05, 4.69) is 5.10 Å². The molecular weight excluding hydrogens is 410 g/mol. The summed E-state index contributed by atoms with van der Waals surface area (Å²) in [6, 6.07) is 11.2. The largest absolute Gasteiger partial charge is 0.383 e. The molecule has 0 unspecified atom stereocenters. The van der Waals surface area contributed by atoms with Crippen LogP contribution in [0.3, 0.4) is 0 Å². The van der Waals surface area contributed by atoms with Gasteiger partial charge >= 0.3 is 0 Å². The molecule has 0 spiro atoms.